The van der Waals surface area contributed by atoms with Crippen molar-refractivity contribution in [1.82, 2.24) is 20.2 Å². The molecule has 2 N–H and O–H groups in total. The van der Waals surface area contributed by atoms with Gasteiger partial charge in [-0.2, -0.15) is 5.26 Å². The van der Waals surface area contributed by atoms with Gasteiger partial charge >= 0.3 is 0 Å². The van der Waals surface area contributed by atoms with Crippen LogP contribution in [0.4, 0.5) is 5.95 Å². The molecule has 0 atom stereocenters. The molecule has 0 spiro atoms. The number of amides is 1. The van der Waals surface area contributed by atoms with Crippen molar-refractivity contribution in [2.24, 2.45) is 10.8 Å². The standard InChI is InChI=1S/C26H33ClN6O3/c1-25(2)22(26(3,4)23(25)36-19-6-5-17(14-28)20(27)13-19)31-21(35)18-15-29-24(30-16-18)33-9-7-32(8-10-33)11-12-34/h5-6,13,15-16,22-23,34H,7-12H2,1-4H3,(H,31,35). The number of halogens is 1. The molecule has 2 aromatic rings. The monoisotopic (exact) mass is 512 g/mol. The molecule has 4 rings (SSSR count). The highest BCUT2D eigenvalue weighted by Crippen LogP contribution is 2.55. The van der Waals surface area contributed by atoms with Crippen molar-refractivity contribution >= 4 is 23.5 Å². The highest BCUT2D eigenvalue weighted by molar-refractivity contribution is 6.31. The third kappa shape index (κ3) is 4.99. The van der Waals surface area contributed by atoms with Crippen LogP contribution in [-0.4, -0.2) is 77.4 Å². The van der Waals surface area contributed by atoms with E-state index in [1.165, 1.54) is 0 Å². The number of carbonyl (C=O) groups excluding carboxylic acids is 1. The number of ether oxygens (including phenoxy) is 1. The van der Waals surface area contributed by atoms with Crippen LogP contribution in [-0.2, 0) is 0 Å². The second-order valence-electron chi connectivity index (χ2n) is 10.6. The molecule has 1 amide bonds. The van der Waals surface area contributed by atoms with Crippen molar-refractivity contribution in [3.05, 3.63) is 46.7 Å². The van der Waals surface area contributed by atoms with E-state index in [2.05, 4.69) is 58.8 Å². The summed E-state index contributed by atoms with van der Waals surface area (Å²) in [6.07, 6.45) is 2.97. The van der Waals surface area contributed by atoms with Crippen molar-refractivity contribution in [2.75, 3.05) is 44.2 Å². The number of nitrogens with zero attached hydrogens (tertiary/aromatic N) is 5. The number of anilines is 1. The molecule has 2 fully saturated rings. The maximum absolute atomic E-state index is 13.1. The fourth-order valence-electron chi connectivity index (χ4n) is 5.72. The second-order valence-corrected chi connectivity index (χ2v) is 11.0. The molecule has 9 nitrogen and oxygen atoms in total. The van der Waals surface area contributed by atoms with Crippen LogP contribution in [0.15, 0.2) is 30.6 Å². The Kier molecular flexibility index (Phi) is 7.41. The molecule has 2 heterocycles. The molecule has 0 unspecified atom stereocenters. The lowest BCUT2D eigenvalue weighted by atomic mass is 9.49. The van der Waals surface area contributed by atoms with Gasteiger partial charge in [0.15, 0.2) is 0 Å². The lowest BCUT2D eigenvalue weighted by Crippen LogP contribution is -2.74. The first-order chi connectivity index (χ1) is 17.1. The Balaban J connectivity index is 1.38. The Morgan fingerprint density at radius 1 is 1.19 bits per heavy atom. The topological polar surface area (TPSA) is 115 Å². The number of hydrogen-bond acceptors (Lipinski definition) is 8. The van der Waals surface area contributed by atoms with E-state index in [-0.39, 0.29) is 35.5 Å². The van der Waals surface area contributed by atoms with Crippen LogP contribution in [0.3, 0.4) is 0 Å². The van der Waals surface area contributed by atoms with Gasteiger partial charge in [0.2, 0.25) is 5.95 Å². The van der Waals surface area contributed by atoms with Gasteiger partial charge in [-0.15, -0.1) is 0 Å². The second kappa shape index (κ2) is 10.2. The first kappa shape index (κ1) is 26.1. The van der Waals surface area contributed by atoms with E-state index < -0.39 is 0 Å². The van der Waals surface area contributed by atoms with E-state index in [9.17, 15) is 4.79 Å². The third-order valence-electron chi connectivity index (χ3n) is 7.40. The van der Waals surface area contributed by atoms with Gasteiger partial charge in [-0.25, -0.2) is 9.97 Å². The molecule has 1 aliphatic carbocycles. The number of rotatable bonds is 7. The fourth-order valence-corrected chi connectivity index (χ4v) is 5.94. The Morgan fingerprint density at radius 2 is 1.83 bits per heavy atom. The van der Waals surface area contributed by atoms with Gasteiger partial charge in [0.05, 0.1) is 22.8 Å². The molecular formula is C26H33ClN6O3. The summed E-state index contributed by atoms with van der Waals surface area (Å²) >= 11 is 6.18. The van der Waals surface area contributed by atoms with Gasteiger partial charge in [0, 0.05) is 68.1 Å². The summed E-state index contributed by atoms with van der Waals surface area (Å²) in [4.78, 5) is 26.2. The van der Waals surface area contributed by atoms with Gasteiger partial charge in [0.1, 0.15) is 17.9 Å². The fraction of sp³-hybridized carbons (Fsp3) is 0.538. The molecule has 0 radical (unpaired) electrons. The van der Waals surface area contributed by atoms with Gasteiger partial charge in [-0.3, -0.25) is 9.69 Å². The minimum atomic E-state index is -0.353. The number of benzene rings is 1. The first-order valence-electron chi connectivity index (χ1n) is 12.1. The van der Waals surface area contributed by atoms with Crippen LogP contribution in [0, 0.1) is 22.2 Å². The summed E-state index contributed by atoms with van der Waals surface area (Å²) < 4.78 is 6.29. The molecule has 1 saturated carbocycles. The lowest BCUT2D eigenvalue weighted by Gasteiger charge is -2.63. The van der Waals surface area contributed by atoms with Crippen molar-refractivity contribution in [3.63, 3.8) is 0 Å². The van der Waals surface area contributed by atoms with Crippen LogP contribution < -0.4 is 15.0 Å². The molecular weight excluding hydrogens is 480 g/mol. The maximum atomic E-state index is 13.1. The van der Waals surface area contributed by atoms with Crippen LogP contribution in [0.5, 0.6) is 5.75 Å². The van der Waals surface area contributed by atoms with Crippen molar-refractivity contribution < 1.29 is 14.6 Å². The Hall–Kier alpha value is -2.93. The average Bonchev–Trinajstić information content (AvgIpc) is 2.86. The van der Waals surface area contributed by atoms with Crippen molar-refractivity contribution in [3.8, 4) is 11.8 Å². The van der Waals surface area contributed by atoms with E-state index in [0.717, 1.165) is 26.2 Å². The van der Waals surface area contributed by atoms with Gasteiger partial charge in [0.25, 0.3) is 5.91 Å². The number of β-amino-alcohol motifs (C(OH)–C–C–N with tert-alkyl or cyclic N) is 1. The van der Waals surface area contributed by atoms with Gasteiger partial charge in [-0.05, 0) is 12.1 Å². The molecule has 1 aromatic heterocycles. The minimum Gasteiger partial charge on any atom is -0.489 e. The number of nitrogens with one attached hydrogen (secondary N) is 1. The van der Waals surface area contributed by atoms with Gasteiger partial charge in [-0.1, -0.05) is 39.3 Å². The highest BCUT2D eigenvalue weighted by atomic mass is 35.5. The van der Waals surface area contributed by atoms with E-state index in [1.807, 2.05) is 0 Å². The Labute approximate surface area is 217 Å². The number of nitriles is 1. The van der Waals surface area contributed by atoms with Crippen molar-refractivity contribution in [2.45, 2.75) is 39.8 Å². The molecule has 10 heteroatoms. The SMILES string of the molecule is CC1(C)C(NC(=O)c2cnc(N3CCN(CCO)CC3)nc2)C(C)(C)C1Oc1ccc(C#N)c(Cl)c1. The van der Waals surface area contributed by atoms with E-state index in [4.69, 9.17) is 26.7 Å². The number of aliphatic hydroxyl groups is 1. The maximum Gasteiger partial charge on any atom is 0.254 e. The summed E-state index contributed by atoms with van der Waals surface area (Å²) in [6.45, 7) is 12.3. The summed E-state index contributed by atoms with van der Waals surface area (Å²) in [5.74, 6) is 0.977. The smallest absolute Gasteiger partial charge is 0.254 e. The predicted molar refractivity (Wildman–Crippen MR) is 137 cm³/mol. The third-order valence-corrected chi connectivity index (χ3v) is 7.71. The molecule has 1 aliphatic heterocycles. The normalized spacial score (nSPS) is 22.9. The van der Waals surface area contributed by atoms with Crippen LogP contribution in [0.25, 0.3) is 0 Å². The summed E-state index contributed by atoms with van der Waals surface area (Å²) in [5.41, 5.74) is 0.106. The van der Waals surface area contributed by atoms with Gasteiger partial charge < -0.3 is 20.1 Å². The number of hydrogen-bond donors (Lipinski definition) is 2. The molecule has 2 aliphatic rings. The Morgan fingerprint density at radius 3 is 2.39 bits per heavy atom. The average molecular weight is 513 g/mol. The van der Waals surface area contributed by atoms with Crippen LogP contribution in [0.1, 0.15) is 43.6 Å². The zero-order valence-electron chi connectivity index (χ0n) is 21.2. The van der Waals surface area contributed by atoms with Crippen molar-refractivity contribution in [1.29, 1.82) is 5.26 Å². The van der Waals surface area contributed by atoms with Crippen LogP contribution >= 0.6 is 11.6 Å². The summed E-state index contributed by atoms with van der Waals surface area (Å²) in [5, 5.41) is 21.7. The molecule has 192 valence electrons. The number of carbonyl (C=O) groups is 1. The van der Waals surface area contributed by atoms with Crippen LogP contribution in [0.2, 0.25) is 5.02 Å². The minimum absolute atomic E-state index is 0.143. The summed E-state index contributed by atoms with van der Waals surface area (Å²) in [7, 11) is 0. The van der Waals surface area contributed by atoms with E-state index in [0.29, 0.717) is 34.4 Å². The molecule has 1 aromatic carbocycles. The number of aliphatic hydroxyl groups excluding tert-OH is 1. The zero-order chi connectivity index (χ0) is 26.1. The largest absolute Gasteiger partial charge is 0.489 e. The van der Waals surface area contributed by atoms with E-state index in [1.54, 1.807) is 30.6 Å². The summed E-state index contributed by atoms with van der Waals surface area (Å²) in [6, 6.07) is 6.96. The quantitative estimate of drug-likeness (QED) is 0.582. The molecule has 36 heavy (non-hydrogen) atoms. The highest BCUT2D eigenvalue weighted by Gasteiger charge is 2.64. The predicted octanol–water partition coefficient (Wildman–Crippen LogP) is 2.73. The first-order valence-corrected chi connectivity index (χ1v) is 12.5. The number of aromatic nitrogens is 2. The molecule has 1 saturated heterocycles. The molecule has 0 bridgehead atoms. The lowest BCUT2D eigenvalue weighted by molar-refractivity contribution is -0.164. The zero-order valence-corrected chi connectivity index (χ0v) is 21.9. The Bertz CT molecular complexity index is 1120. The van der Waals surface area contributed by atoms with E-state index >= 15 is 0 Å². The number of piperazine rings is 1.